The molecular formula is C16H21NOSSi. The Kier molecular flexibility index (Phi) is 4.95. The van der Waals surface area contributed by atoms with Gasteiger partial charge in [-0.15, -0.1) is 5.54 Å². The van der Waals surface area contributed by atoms with Crippen LogP contribution in [0.4, 0.5) is 0 Å². The van der Waals surface area contributed by atoms with Crippen molar-refractivity contribution in [2.45, 2.75) is 19.6 Å². The average Bonchev–Trinajstić information content (AvgIpc) is 2.45. The van der Waals surface area contributed by atoms with Crippen LogP contribution in [0.5, 0.6) is 0 Å². The molecule has 0 spiro atoms. The Balaban J connectivity index is 2.26. The van der Waals surface area contributed by atoms with Crippen LogP contribution in [0.15, 0.2) is 24.3 Å². The van der Waals surface area contributed by atoms with Gasteiger partial charge in [-0.25, -0.2) is 0 Å². The molecule has 0 bridgehead atoms. The second-order valence-corrected chi connectivity index (χ2v) is 11.9. The number of carbonyl (C=O) groups is 1. The summed E-state index contributed by atoms with van der Waals surface area (Å²) in [5.41, 5.74) is 4.98. The van der Waals surface area contributed by atoms with Gasteiger partial charge in [0, 0.05) is 30.2 Å². The van der Waals surface area contributed by atoms with Crippen molar-refractivity contribution in [3.63, 3.8) is 0 Å². The van der Waals surface area contributed by atoms with Crippen molar-refractivity contribution < 1.29 is 4.79 Å². The third kappa shape index (κ3) is 4.16. The second kappa shape index (κ2) is 6.51. The highest BCUT2D eigenvalue weighted by atomic mass is 32.2. The molecule has 1 aromatic carbocycles. The third-order valence-electron chi connectivity index (χ3n) is 3.03. The molecule has 0 atom stereocenters. The van der Waals surface area contributed by atoms with E-state index >= 15 is 0 Å². The molecule has 1 aliphatic heterocycles. The van der Waals surface area contributed by atoms with Crippen molar-refractivity contribution in [2.75, 3.05) is 24.6 Å². The smallest absolute Gasteiger partial charge is 0.255 e. The van der Waals surface area contributed by atoms with Crippen LogP contribution in [0.25, 0.3) is 0 Å². The molecule has 0 unspecified atom stereocenters. The number of carbonyl (C=O) groups excluding carboxylic acids is 1. The Labute approximate surface area is 126 Å². The molecule has 20 heavy (non-hydrogen) atoms. The van der Waals surface area contributed by atoms with E-state index in [9.17, 15) is 4.79 Å². The fraction of sp³-hybridized carbons (Fsp3) is 0.438. The molecule has 0 saturated carbocycles. The highest BCUT2D eigenvalue weighted by molar-refractivity contribution is 7.99. The zero-order valence-electron chi connectivity index (χ0n) is 12.4. The molecule has 2 nitrogen and oxygen atoms in total. The molecule has 0 N–H and O–H groups in total. The zero-order valence-corrected chi connectivity index (χ0v) is 14.2. The van der Waals surface area contributed by atoms with Crippen LogP contribution in [0.2, 0.25) is 19.6 Å². The summed E-state index contributed by atoms with van der Waals surface area (Å²) < 4.78 is 0. The molecular weight excluding hydrogens is 282 g/mol. The first-order valence-corrected chi connectivity index (χ1v) is 11.6. The number of amides is 1. The van der Waals surface area contributed by atoms with Gasteiger partial charge in [-0.2, -0.15) is 11.8 Å². The molecule has 1 heterocycles. The van der Waals surface area contributed by atoms with E-state index in [4.69, 9.17) is 0 Å². The fourth-order valence-corrected chi connectivity index (χ4v) is 3.38. The van der Waals surface area contributed by atoms with Crippen LogP contribution in [0, 0.1) is 11.5 Å². The maximum Gasteiger partial charge on any atom is 0.255 e. The maximum atomic E-state index is 12.6. The number of hydrogen-bond acceptors (Lipinski definition) is 2. The lowest BCUT2D eigenvalue weighted by molar-refractivity contribution is 0.0772. The third-order valence-corrected chi connectivity index (χ3v) is 4.85. The minimum absolute atomic E-state index is 0.130. The zero-order chi connectivity index (χ0) is 14.6. The maximum absolute atomic E-state index is 12.6. The van der Waals surface area contributed by atoms with E-state index in [0.717, 1.165) is 35.7 Å². The Morgan fingerprint density at radius 1 is 1.20 bits per heavy atom. The first-order chi connectivity index (χ1) is 9.47. The standard InChI is InChI=1S/C16H21NOSSi/c1-20(2,3)13-8-14-6-4-5-7-15(14)16(18)17-9-11-19-12-10-17/h4-7H,9-12H2,1-3H3. The largest absolute Gasteiger partial charge is 0.337 e. The Morgan fingerprint density at radius 2 is 1.85 bits per heavy atom. The van der Waals surface area contributed by atoms with Gasteiger partial charge in [0.05, 0.1) is 5.56 Å². The van der Waals surface area contributed by atoms with Crippen molar-refractivity contribution in [1.29, 1.82) is 0 Å². The summed E-state index contributed by atoms with van der Waals surface area (Å²) in [5.74, 6) is 5.43. The molecule has 1 fully saturated rings. The topological polar surface area (TPSA) is 20.3 Å². The van der Waals surface area contributed by atoms with Crippen LogP contribution in [-0.2, 0) is 0 Å². The molecule has 0 radical (unpaired) electrons. The molecule has 2 rings (SSSR count). The van der Waals surface area contributed by atoms with Gasteiger partial charge in [-0.05, 0) is 12.1 Å². The van der Waals surface area contributed by atoms with E-state index in [2.05, 4.69) is 31.1 Å². The lowest BCUT2D eigenvalue weighted by atomic mass is 10.1. The van der Waals surface area contributed by atoms with E-state index in [-0.39, 0.29) is 5.91 Å². The average molecular weight is 304 g/mol. The van der Waals surface area contributed by atoms with Crippen LogP contribution in [0.1, 0.15) is 15.9 Å². The van der Waals surface area contributed by atoms with E-state index in [1.165, 1.54) is 0 Å². The summed E-state index contributed by atoms with van der Waals surface area (Å²) in [5, 5.41) is 0. The van der Waals surface area contributed by atoms with E-state index in [1.807, 2.05) is 40.9 Å². The van der Waals surface area contributed by atoms with Gasteiger partial charge in [0.2, 0.25) is 0 Å². The molecule has 106 valence electrons. The number of nitrogens with zero attached hydrogens (tertiary/aromatic N) is 1. The van der Waals surface area contributed by atoms with Gasteiger partial charge >= 0.3 is 0 Å². The van der Waals surface area contributed by atoms with Crippen molar-refractivity contribution in [3.05, 3.63) is 35.4 Å². The number of thioether (sulfide) groups is 1. The minimum Gasteiger partial charge on any atom is -0.337 e. The Hall–Kier alpha value is -1.18. The van der Waals surface area contributed by atoms with Crippen LogP contribution in [0.3, 0.4) is 0 Å². The van der Waals surface area contributed by atoms with E-state index < -0.39 is 8.07 Å². The van der Waals surface area contributed by atoms with E-state index in [1.54, 1.807) is 0 Å². The van der Waals surface area contributed by atoms with Crippen molar-refractivity contribution in [2.24, 2.45) is 0 Å². The number of hydrogen-bond donors (Lipinski definition) is 0. The van der Waals surface area contributed by atoms with Crippen LogP contribution < -0.4 is 0 Å². The lowest BCUT2D eigenvalue weighted by Crippen LogP contribution is -2.38. The molecule has 1 aromatic rings. The highest BCUT2D eigenvalue weighted by Gasteiger charge is 2.20. The van der Waals surface area contributed by atoms with Gasteiger partial charge < -0.3 is 4.90 Å². The highest BCUT2D eigenvalue weighted by Crippen LogP contribution is 2.16. The van der Waals surface area contributed by atoms with Crippen LogP contribution in [-0.4, -0.2) is 43.5 Å². The van der Waals surface area contributed by atoms with Gasteiger partial charge in [0.15, 0.2) is 0 Å². The van der Waals surface area contributed by atoms with Crippen molar-refractivity contribution in [3.8, 4) is 11.5 Å². The first kappa shape index (κ1) is 15.2. The van der Waals surface area contributed by atoms with Gasteiger partial charge in [0.25, 0.3) is 5.91 Å². The molecule has 0 aromatic heterocycles. The molecule has 1 amide bonds. The molecule has 1 saturated heterocycles. The first-order valence-electron chi connectivity index (χ1n) is 6.96. The summed E-state index contributed by atoms with van der Waals surface area (Å²) in [6.45, 7) is 8.34. The molecule has 1 aliphatic rings. The molecule has 4 heteroatoms. The summed E-state index contributed by atoms with van der Waals surface area (Å²) in [4.78, 5) is 14.6. The van der Waals surface area contributed by atoms with Gasteiger partial charge in [-0.1, -0.05) is 37.7 Å². The monoisotopic (exact) mass is 303 g/mol. The summed E-state index contributed by atoms with van der Waals surface area (Å²) in [7, 11) is -1.43. The SMILES string of the molecule is C[Si](C)(C)C#Cc1ccccc1C(=O)N1CCSCC1. The predicted molar refractivity (Wildman–Crippen MR) is 89.9 cm³/mol. The van der Waals surface area contributed by atoms with Crippen LogP contribution >= 0.6 is 11.8 Å². The van der Waals surface area contributed by atoms with E-state index in [0.29, 0.717) is 0 Å². The van der Waals surface area contributed by atoms with Crippen molar-refractivity contribution in [1.82, 2.24) is 4.90 Å². The summed E-state index contributed by atoms with van der Waals surface area (Å²) >= 11 is 1.91. The second-order valence-electron chi connectivity index (χ2n) is 5.95. The number of benzene rings is 1. The van der Waals surface area contributed by atoms with Gasteiger partial charge in [-0.3, -0.25) is 4.79 Å². The normalized spacial score (nSPS) is 15.4. The molecule has 0 aliphatic carbocycles. The lowest BCUT2D eigenvalue weighted by Gasteiger charge is -2.26. The summed E-state index contributed by atoms with van der Waals surface area (Å²) in [6, 6.07) is 7.74. The Morgan fingerprint density at radius 3 is 2.50 bits per heavy atom. The Bertz CT molecular complexity index is 548. The quantitative estimate of drug-likeness (QED) is 0.587. The van der Waals surface area contributed by atoms with Gasteiger partial charge in [0.1, 0.15) is 8.07 Å². The summed E-state index contributed by atoms with van der Waals surface area (Å²) in [6.07, 6.45) is 0. The number of rotatable bonds is 1. The fourth-order valence-electron chi connectivity index (χ4n) is 1.97. The minimum atomic E-state index is -1.43. The van der Waals surface area contributed by atoms with Crippen molar-refractivity contribution >= 4 is 25.7 Å². The predicted octanol–water partition coefficient (Wildman–Crippen LogP) is 3.10.